The van der Waals surface area contributed by atoms with Crippen LogP contribution >= 0.6 is 0 Å². The molecule has 1 aromatic heterocycles. The van der Waals surface area contributed by atoms with E-state index in [0.29, 0.717) is 17.1 Å². The molecule has 134 valence electrons. The summed E-state index contributed by atoms with van der Waals surface area (Å²) < 4.78 is 0. The summed E-state index contributed by atoms with van der Waals surface area (Å²) in [5, 5.41) is 8.91. The van der Waals surface area contributed by atoms with E-state index >= 15 is 0 Å². The van der Waals surface area contributed by atoms with E-state index in [1.807, 2.05) is 55.5 Å². The number of benzene rings is 3. The van der Waals surface area contributed by atoms with Crippen molar-refractivity contribution in [3.05, 3.63) is 71.9 Å². The quantitative estimate of drug-likeness (QED) is 0.491. The summed E-state index contributed by atoms with van der Waals surface area (Å²) in [5.74, 6) is -0.378. The Morgan fingerprint density at radius 3 is 2.52 bits per heavy atom. The number of rotatable bonds is 3. The highest BCUT2D eigenvalue weighted by Crippen LogP contribution is 2.26. The molecule has 4 rings (SSSR count). The van der Waals surface area contributed by atoms with Crippen molar-refractivity contribution in [1.29, 1.82) is 0 Å². The van der Waals surface area contributed by atoms with Crippen molar-refractivity contribution in [2.24, 2.45) is 0 Å². The Kier molecular flexibility index (Phi) is 4.12. The molecule has 27 heavy (non-hydrogen) atoms. The van der Waals surface area contributed by atoms with Gasteiger partial charge in [0.1, 0.15) is 5.69 Å². The molecule has 0 saturated carbocycles. The van der Waals surface area contributed by atoms with E-state index < -0.39 is 0 Å². The van der Waals surface area contributed by atoms with Crippen LogP contribution in [0.1, 0.15) is 23.0 Å². The second kappa shape index (κ2) is 6.61. The number of fused-ring (bicyclic) bond motifs is 3. The second-order valence-corrected chi connectivity index (χ2v) is 6.60. The molecular formula is C22H19N3O2. The summed E-state index contributed by atoms with van der Waals surface area (Å²) in [6.07, 6.45) is 0. The molecule has 4 aromatic rings. The molecule has 2 amide bonds. The van der Waals surface area contributed by atoms with E-state index in [1.165, 1.54) is 6.92 Å². The van der Waals surface area contributed by atoms with E-state index in [2.05, 4.69) is 21.7 Å². The molecule has 0 radical (unpaired) electrons. The Balaban J connectivity index is 1.65. The average molecular weight is 357 g/mol. The lowest BCUT2D eigenvalue weighted by Gasteiger charge is -2.10. The number of aromatic amines is 1. The first kappa shape index (κ1) is 16.8. The van der Waals surface area contributed by atoms with E-state index in [-0.39, 0.29) is 11.8 Å². The van der Waals surface area contributed by atoms with Gasteiger partial charge in [0.2, 0.25) is 5.91 Å². The Labute approximate surface area is 156 Å². The molecule has 3 N–H and O–H groups in total. The second-order valence-electron chi connectivity index (χ2n) is 6.60. The molecule has 0 aliphatic heterocycles. The third-order valence-electron chi connectivity index (χ3n) is 4.58. The molecule has 0 atom stereocenters. The number of anilines is 2. The Morgan fingerprint density at radius 1 is 0.889 bits per heavy atom. The number of H-pyrrole nitrogens is 1. The lowest BCUT2D eigenvalue weighted by Crippen LogP contribution is -2.13. The van der Waals surface area contributed by atoms with E-state index in [0.717, 1.165) is 27.2 Å². The highest BCUT2D eigenvalue weighted by Gasteiger charge is 2.12. The van der Waals surface area contributed by atoms with Gasteiger partial charge in [-0.05, 0) is 47.5 Å². The third-order valence-corrected chi connectivity index (χ3v) is 4.58. The van der Waals surface area contributed by atoms with Crippen LogP contribution in [0.15, 0.2) is 60.7 Å². The SMILES string of the molecule is CC(=O)Nc1cc(NC(=O)c2cc3c(ccc4ccccc43)[nH]2)ccc1C. The number of carbonyl (C=O) groups excluding carboxylic acids is 2. The number of carbonyl (C=O) groups is 2. The molecule has 3 aromatic carbocycles. The lowest BCUT2D eigenvalue weighted by molar-refractivity contribution is -0.114. The number of amides is 2. The Morgan fingerprint density at radius 2 is 1.70 bits per heavy atom. The van der Waals surface area contributed by atoms with Gasteiger partial charge < -0.3 is 15.6 Å². The van der Waals surface area contributed by atoms with E-state index in [1.54, 1.807) is 6.07 Å². The fourth-order valence-electron chi connectivity index (χ4n) is 3.23. The topological polar surface area (TPSA) is 74.0 Å². The van der Waals surface area contributed by atoms with Crippen molar-refractivity contribution in [3.8, 4) is 0 Å². The molecule has 0 bridgehead atoms. The number of aromatic nitrogens is 1. The number of hydrogen-bond acceptors (Lipinski definition) is 2. The molecule has 0 aliphatic rings. The van der Waals surface area contributed by atoms with Gasteiger partial charge in [-0.15, -0.1) is 0 Å². The first-order valence-electron chi connectivity index (χ1n) is 8.71. The van der Waals surface area contributed by atoms with Crippen molar-refractivity contribution in [3.63, 3.8) is 0 Å². The maximum absolute atomic E-state index is 12.7. The summed E-state index contributed by atoms with van der Waals surface area (Å²) in [6.45, 7) is 3.36. The average Bonchev–Trinajstić information content (AvgIpc) is 3.09. The van der Waals surface area contributed by atoms with Crippen LogP contribution in [0.3, 0.4) is 0 Å². The molecule has 5 nitrogen and oxygen atoms in total. The molecule has 0 aliphatic carbocycles. The van der Waals surface area contributed by atoms with Crippen LogP contribution in [-0.4, -0.2) is 16.8 Å². The summed E-state index contributed by atoms with van der Waals surface area (Å²) >= 11 is 0. The summed E-state index contributed by atoms with van der Waals surface area (Å²) in [5.41, 5.74) is 3.64. The number of hydrogen-bond donors (Lipinski definition) is 3. The smallest absolute Gasteiger partial charge is 0.272 e. The highest BCUT2D eigenvalue weighted by molar-refractivity contribution is 6.12. The van der Waals surface area contributed by atoms with Crippen LogP contribution in [0.5, 0.6) is 0 Å². The molecule has 0 unspecified atom stereocenters. The van der Waals surface area contributed by atoms with E-state index in [9.17, 15) is 9.59 Å². The van der Waals surface area contributed by atoms with Crippen LogP contribution in [0, 0.1) is 6.92 Å². The zero-order chi connectivity index (χ0) is 19.0. The summed E-state index contributed by atoms with van der Waals surface area (Å²) in [7, 11) is 0. The first-order valence-corrected chi connectivity index (χ1v) is 8.71. The maximum Gasteiger partial charge on any atom is 0.272 e. The first-order chi connectivity index (χ1) is 13.0. The van der Waals surface area contributed by atoms with Crippen molar-refractivity contribution >= 4 is 44.9 Å². The van der Waals surface area contributed by atoms with Gasteiger partial charge in [0.25, 0.3) is 5.91 Å². The third kappa shape index (κ3) is 3.27. The van der Waals surface area contributed by atoms with Crippen LogP contribution in [0.25, 0.3) is 21.7 Å². The van der Waals surface area contributed by atoms with Gasteiger partial charge in [0.05, 0.1) is 0 Å². The van der Waals surface area contributed by atoms with Crippen LogP contribution in [0.2, 0.25) is 0 Å². The minimum Gasteiger partial charge on any atom is -0.351 e. The normalized spacial score (nSPS) is 10.9. The minimum atomic E-state index is -0.229. The number of nitrogens with one attached hydrogen (secondary N) is 3. The van der Waals surface area contributed by atoms with E-state index in [4.69, 9.17) is 0 Å². The van der Waals surface area contributed by atoms with Crippen molar-refractivity contribution in [2.75, 3.05) is 10.6 Å². The van der Waals surface area contributed by atoms with Crippen molar-refractivity contribution < 1.29 is 9.59 Å². The summed E-state index contributed by atoms with van der Waals surface area (Å²) in [4.78, 5) is 27.2. The standard InChI is InChI=1S/C22H19N3O2/c1-13-7-9-16(11-20(13)23-14(2)26)24-22(27)21-12-18-17-6-4-3-5-15(17)8-10-19(18)25-21/h3-12,25H,1-2H3,(H,23,26)(H,24,27). The van der Waals surface area contributed by atoms with Crippen LogP contribution < -0.4 is 10.6 Å². The lowest BCUT2D eigenvalue weighted by atomic mass is 10.1. The fourth-order valence-corrected chi connectivity index (χ4v) is 3.23. The highest BCUT2D eigenvalue weighted by atomic mass is 16.2. The molecule has 0 spiro atoms. The van der Waals surface area contributed by atoms with Gasteiger partial charge in [0.15, 0.2) is 0 Å². The van der Waals surface area contributed by atoms with Gasteiger partial charge in [-0.1, -0.05) is 36.4 Å². The fraction of sp³-hybridized carbons (Fsp3) is 0.0909. The number of aryl methyl sites for hydroxylation is 1. The van der Waals surface area contributed by atoms with Crippen molar-refractivity contribution in [1.82, 2.24) is 4.98 Å². The minimum absolute atomic E-state index is 0.149. The van der Waals surface area contributed by atoms with Crippen LogP contribution in [0.4, 0.5) is 11.4 Å². The maximum atomic E-state index is 12.7. The van der Waals surface area contributed by atoms with Gasteiger partial charge in [-0.25, -0.2) is 0 Å². The predicted octanol–water partition coefficient (Wildman–Crippen LogP) is 4.84. The molecule has 0 saturated heterocycles. The molecule has 0 fully saturated rings. The molecule has 5 heteroatoms. The Bertz CT molecular complexity index is 1190. The zero-order valence-corrected chi connectivity index (χ0v) is 15.1. The van der Waals surface area contributed by atoms with Gasteiger partial charge in [0, 0.05) is 29.2 Å². The van der Waals surface area contributed by atoms with Crippen molar-refractivity contribution in [2.45, 2.75) is 13.8 Å². The zero-order valence-electron chi connectivity index (χ0n) is 15.1. The molecule has 1 heterocycles. The largest absolute Gasteiger partial charge is 0.351 e. The van der Waals surface area contributed by atoms with Gasteiger partial charge >= 0.3 is 0 Å². The monoisotopic (exact) mass is 357 g/mol. The molecular weight excluding hydrogens is 338 g/mol. The van der Waals surface area contributed by atoms with Gasteiger partial charge in [-0.2, -0.15) is 0 Å². The summed E-state index contributed by atoms with van der Waals surface area (Å²) in [6, 6.07) is 19.4. The Hall–Kier alpha value is -3.60. The van der Waals surface area contributed by atoms with Gasteiger partial charge in [-0.3, -0.25) is 9.59 Å². The van der Waals surface area contributed by atoms with Crippen LogP contribution in [-0.2, 0) is 4.79 Å². The predicted molar refractivity (Wildman–Crippen MR) is 109 cm³/mol.